The Morgan fingerprint density at radius 1 is 1.07 bits per heavy atom. The van der Waals surface area contributed by atoms with E-state index >= 15 is 0 Å². The second kappa shape index (κ2) is 15.1. The van der Waals surface area contributed by atoms with E-state index in [1.54, 1.807) is 0 Å². The summed E-state index contributed by atoms with van der Waals surface area (Å²) < 4.78 is 0. The number of benzene rings is 2. The third-order valence-electron chi connectivity index (χ3n) is 3.89. The standard InChI is InChI=1S/C17H15.C5H5.2CH3.2ClH.Si.Zr/c1-2-13-11-15-9-6-10-16(17(15)12-13)14-7-4-3-5-8-14;1-2-4-5-3-1;;;;;;/h3-12H,2H2,1H3;1-3H,4H2;2*1H3;2*1H;;/q4*-1;;;;+2/p-2. The Bertz CT molecular complexity index is 881. The zero-order valence-corrected chi connectivity index (χ0v) is 21.6. The van der Waals surface area contributed by atoms with Gasteiger partial charge in [0.05, 0.1) is 0 Å². The van der Waals surface area contributed by atoms with Crippen LogP contribution in [0.2, 0.25) is 0 Å². The molecule has 3 aromatic rings. The Morgan fingerprint density at radius 2 is 1.75 bits per heavy atom. The van der Waals surface area contributed by atoms with Gasteiger partial charge in [-0.15, -0.1) is 41.0 Å². The molecule has 0 fully saturated rings. The van der Waals surface area contributed by atoms with Crippen LogP contribution in [0.15, 0.2) is 78.9 Å². The first-order valence-corrected chi connectivity index (χ1v) is 19.0. The van der Waals surface area contributed by atoms with Crippen LogP contribution in [-0.4, -0.2) is 6.88 Å². The molecule has 4 rings (SSSR count). The van der Waals surface area contributed by atoms with E-state index in [1.807, 2.05) is 12.2 Å². The Balaban J connectivity index is 0.000000559. The molecule has 0 bridgehead atoms. The van der Waals surface area contributed by atoms with Crippen LogP contribution in [0.3, 0.4) is 0 Å². The number of halogens is 2. The van der Waals surface area contributed by atoms with Crippen molar-refractivity contribution < 1.29 is 18.0 Å². The SMILES string of the molecule is CCc1cc2c(-c3ccccc3)cccc2[cH-]1.[C-]1=CC=CC1.[CH3-].[CH3-].[Si]=[Zr]([Cl])[Cl]. The first-order valence-electron chi connectivity index (χ1n) is 8.47. The fourth-order valence-corrected chi connectivity index (χ4v) is 2.71. The maximum absolute atomic E-state index is 5.15. The van der Waals surface area contributed by atoms with Crippen LogP contribution >= 0.6 is 17.0 Å². The van der Waals surface area contributed by atoms with E-state index in [-0.39, 0.29) is 14.9 Å². The van der Waals surface area contributed by atoms with Crippen LogP contribution in [-0.2, 0) is 24.4 Å². The number of fused-ring (bicyclic) bond motifs is 1. The van der Waals surface area contributed by atoms with Gasteiger partial charge in [-0.25, -0.2) is 12.2 Å². The average molecular weight is 505 g/mol. The summed E-state index contributed by atoms with van der Waals surface area (Å²) >= 11 is -1.79. The second-order valence-electron chi connectivity index (χ2n) is 5.66. The molecule has 0 saturated carbocycles. The normalized spacial score (nSPS) is 10.7. The zero-order valence-electron chi connectivity index (χ0n) is 16.7. The van der Waals surface area contributed by atoms with Gasteiger partial charge < -0.3 is 14.9 Å². The molecule has 4 heteroatoms. The van der Waals surface area contributed by atoms with Gasteiger partial charge in [-0.1, -0.05) is 48.9 Å². The fourth-order valence-electron chi connectivity index (χ4n) is 2.71. The minimum atomic E-state index is -1.79. The van der Waals surface area contributed by atoms with Crippen molar-refractivity contribution in [1.29, 1.82) is 0 Å². The van der Waals surface area contributed by atoms with E-state index < -0.39 is 18.0 Å². The summed E-state index contributed by atoms with van der Waals surface area (Å²) in [5, 5.41) is 2.72. The second-order valence-corrected chi connectivity index (χ2v) is 19.3. The summed E-state index contributed by atoms with van der Waals surface area (Å²) in [5.74, 6) is 0. The molecule has 1 aliphatic carbocycles. The molecule has 0 amide bonds. The molecule has 28 heavy (non-hydrogen) atoms. The van der Waals surface area contributed by atoms with Crippen LogP contribution in [0.4, 0.5) is 0 Å². The molecule has 0 aliphatic heterocycles. The molecule has 0 spiro atoms. The molecular formula is C24H26Cl2SiZr-4. The number of aryl methyl sites for hydroxylation is 1. The average Bonchev–Trinajstić information content (AvgIpc) is 3.34. The Kier molecular flexibility index (Phi) is 14.7. The van der Waals surface area contributed by atoms with E-state index in [1.165, 1.54) is 27.5 Å². The summed E-state index contributed by atoms with van der Waals surface area (Å²) in [7, 11) is 10.3. The van der Waals surface area contributed by atoms with E-state index in [0.717, 1.165) is 12.8 Å². The van der Waals surface area contributed by atoms with Crippen molar-refractivity contribution in [1.82, 2.24) is 0 Å². The third kappa shape index (κ3) is 9.14. The number of rotatable bonds is 2. The van der Waals surface area contributed by atoms with Crippen LogP contribution in [0.1, 0.15) is 18.9 Å². The monoisotopic (exact) mass is 502 g/mol. The van der Waals surface area contributed by atoms with E-state index in [0.29, 0.717) is 0 Å². The molecule has 0 N–H and O–H groups in total. The van der Waals surface area contributed by atoms with Crippen molar-refractivity contribution in [3.63, 3.8) is 0 Å². The summed E-state index contributed by atoms with van der Waals surface area (Å²) in [4.78, 5) is 0. The van der Waals surface area contributed by atoms with Gasteiger partial charge in [0.15, 0.2) is 0 Å². The fraction of sp³-hybridized carbons (Fsp3) is 0.125. The van der Waals surface area contributed by atoms with Gasteiger partial charge in [0.25, 0.3) is 0 Å². The number of hydrogen-bond donors (Lipinski definition) is 0. The molecule has 148 valence electrons. The van der Waals surface area contributed by atoms with Gasteiger partial charge in [0.2, 0.25) is 0 Å². The molecule has 0 aromatic heterocycles. The van der Waals surface area contributed by atoms with Crippen molar-refractivity contribution in [2.75, 3.05) is 0 Å². The van der Waals surface area contributed by atoms with E-state index in [9.17, 15) is 0 Å². The molecule has 0 saturated heterocycles. The Hall–Kier alpha value is -0.790. The Morgan fingerprint density at radius 3 is 2.25 bits per heavy atom. The van der Waals surface area contributed by atoms with Crippen LogP contribution in [0.5, 0.6) is 0 Å². The molecule has 2 radical (unpaired) electrons. The molecule has 0 nitrogen and oxygen atoms in total. The van der Waals surface area contributed by atoms with Crippen molar-refractivity contribution >= 4 is 34.7 Å². The summed E-state index contributed by atoms with van der Waals surface area (Å²) in [6, 6.07) is 21.8. The Labute approximate surface area is 187 Å². The molecule has 0 atom stereocenters. The minimum absolute atomic E-state index is 0. The van der Waals surface area contributed by atoms with Gasteiger partial charge in [-0.05, 0) is 12.0 Å². The van der Waals surface area contributed by atoms with Gasteiger partial charge in [0.1, 0.15) is 0 Å². The first-order chi connectivity index (χ1) is 12.6. The predicted molar refractivity (Wildman–Crippen MR) is 126 cm³/mol. The third-order valence-corrected chi connectivity index (χ3v) is 3.89. The van der Waals surface area contributed by atoms with Crippen molar-refractivity contribution in [3.05, 3.63) is 105 Å². The topological polar surface area (TPSA) is 0 Å². The van der Waals surface area contributed by atoms with Crippen molar-refractivity contribution in [2.45, 2.75) is 19.8 Å². The molecule has 3 aromatic carbocycles. The number of hydrogen-bond acceptors (Lipinski definition) is 0. The molecule has 0 heterocycles. The predicted octanol–water partition coefficient (Wildman–Crippen LogP) is 7.99. The van der Waals surface area contributed by atoms with Crippen LogP contribution in [0.25, 0.3) is 21.9 Å². The van der Waals surface area contributed by atoms with Gasteiger partial charge >= 0.3 is 41.9 Å². The van der Waals surface area contributed by atoms with E-state index in [2.05, 4.69) is 86.6 Å². The van der Waals surface area contributed by atoms with Crippen molar-refractivity contribution in [2.24, 2.45) is 0 Å². The molecule has 1 aliphatic rings. The first kappa shape index (κ1) is 27.2. The van der Waals surface area contributed by atoms with Gasteiger partial charge in [-0.2, -0.15) is 12.1 Å². The summed E-state index contributed by atoms with van der Waals surface area (Å²) in [5.41, 5.74) is 4.05. The van der Waals surface area contributed by atoms with Crippen LogP contribution in [0, 0.1) is 20.9 Å². The van der Waals surface area contributed by atoms with Gasteiger partial charge in [0, 0.05) is 0 Å². The summed E-state index contributed by atoms with van der Waals surface area (Å²) in [6.07, 6.45) is 11.1. The molecule has 0 unspecified atom stereocenters. The maximum atomic E-state index is 5.15. The molecular weight excluding hydrogens is 478 g/mol. The summed E-state index contributed by atoms with van der Waals surface area (Å²) in [6.45, 7) is 5.24. The number of allylic oxidation sites excluding steroid dienone is 4. The van der Waals surface area contributed by atoms with Gasteiger partial charge in [-0.3, -0.25) is 6.08 Å². The quantitative estimate of drug-likeness (QED) is 0.245. The van der Waals surface area contributed by atoms with Crippen molar-refractivity contribution in [3.8, 4) is 11.1 Å². The zero-order chi connectivity index (χ0) is 18.8. The van der Waals surface area contributed by atoms with E-state index in [4.69, 9.17) is 17.0 Å². The van der Waals surface area contributed by atoms with Crippen LogP contribution < -0.4 is 0 Å².